The highest BCUT2D eigenvalue weighted by Crippen LogP contribution is 2.44. The molecule has 8 nitrogen and oxygen atoms in total. The first-order valence-corrected chi connectivity index (χ1v) is 12.3. The number of rotatable bonds is 6. The summed E-state index contributed by atoms with van der Waals surface area (Å²) in [5.41, 5.74) is 3.26. The Morgan fingerprint density at radius 1 is 0.971 bits per heavy atom. The molecule has 3 N–H and O–H groups in total. The zero-order chi connectivity index (χ0) is 24.4. The molecule has 2 aromatic rings. The standard InChI is InChI=1S/C27H30N2O6/c30-24(29-27(25(31)32)13-6-1-7-14-27)23-22(12-15-34-23)28-26(33)35-16-21-19-10-4-2-8-17(19)18-9-3-5-11-20(18)21/h2-5,8-11,21-23H,1,6-7,12-16H2,(H,28,33)(H,29,30)(H,31,32)/t22-,23+/m1/s1. The quantitative estimate of drug-likeness (QED) is 0.585. The fourth-order valence-electron chi connectivity index (χ4n) is 5.64. The van der Waals surface area contributed by atoms with Crippen molar-refractivity contribution >= 4 is 18.0 Å². The maximum atomic E-state index is 13.0. The molecule has 0 unspecified atom stereocenters. The number of nitrogens with one attached hydrogen (secondary N) is 2. The Balaban J connectivity index is 1.21. The molecule has 1 heterocycles. The molecule has 2 amide bonds. The van der Waals surface area contributed by atoms with Gasteiger partial charge in [-0.3, -0.25) is 4.79 Å². The minimum absolute atomic E-state index is 0.0613. The average molecular weight is 479 g/mol. The normalized spacial score (nSPS) is 22.6. The van der Waals surface area contributed by atoms with E-state index in [9.17, 15) is 19.5 Å². The van der Waals surface area contributed by atoms with E-state index in [1.807, 2.05) is 24.3 Å². The van der Waals surface area contributed by atoms with E-state index >= 15 is 0 Å². The van der Waals surface area contributed by atoms with Gasteiger partial charge in [0.2, 0.25) is 0 Å². The number of fused-ring (bicyclic) bond motifs is 3. The molecular formula is C27H30N2O6. The number of hydrogen-bond donors (Lipinski definition) is 3. The molecule has 0 aromatic heterocycles. The summed E-state index contributed by atoms with van der Waals surface area (Å²) in [5.74, 6) is -1.59. The second kappa shape index (κ2) is 9.70. The first-order valence-electron chi connectivity index (χ1n) is 12.3. The Morgan fingerprint density at radius 2 is 1.60 bits per heavy atom. The number of ether oxygens (including phenoxy) is 2. The van der Waals surface area contributed by atoms with Crippen LogP contribution in [0.15, 0.2) is 48.5 Å². The summed E-state index contributed by atoms with van der Waals surface area (Å²) in [6, 6.07) is 15.6. The van der Waals surface area contributed by atoms with Gasteiger partial charge in [0.1, 0.15) is 12.1 Å². The lowest BCUT2D eigenvalue weighted by atomic mass is 9.81. The van der Waals surface area contributed by atoms with Gasteiger partial charge in [-0.2, -0.15) is 0 Å². The summed E-state index contributed by atoms with van der Waals surface area (Å²) in [7, 11) is 0. The Hall–Kier alpha value is -3.39. The third kappa shape index (κ3) is 4.50. The van der Waals surface area contributed by atoms with Crippen LogP contribution in [0.3, 0.4) is 0 Å². The van der Waals surface area contributed by atoms with Crippen LogP contribution in [0.4, 0.5) is 4.79 Å². The van der Waals surface area contributed by atoms with Crippen LogP contribution >= 0.6 is 0 Å². The summed E-state index contributed by atoms with van der Waals surface area (Å²) in [6.45, 7) is 0.471. The van der Waals surface area contributed by atoms with Gasteiger partial charge in [-0.15, -0.1) is 0 Å². The van der Waals surface area contributed by atoms with Crippen LogP contribution < -0.4 is 10.6 Å². The fourth-order valence-corrected chi connectivity index (χ4v) is 5.64. The molecule has 35 heavy (non-hydrogen) atoms. The van der Waals surface area contributed by atoms with Gasteiger partial charge >= 0.3 is 12.1 Å². The summed E-state index contributed by atoms with van der Waals surface area (Å²) in [4.78, 5) is 37.6. The van der Waals surface area contributed by atoms with E-state index in [0.717, 1.165) is 41.5 Å². The molecule has 5 rings (SSSR count). The monoisotopic (exact) mass is 478 g/mol. The van der Waals surface area contributed by atoms with Gasteiger partial charge in [-0.05, 0) is 41.5 Å². The minimum Gasteiger partial charge on any atom is -0.480 e. The highest BCUT2D eigenvalue weighted by Gasteiger charge is 2.45. The molecule has 2 aliphatic carbocycles. The van der Waals surface area contributed by atoms with Crippen LogP contribution in [0.2, 0.25) is 0 Å². The molecule has 3 aliphatic rings. The zero-order valence-corrected chi connectivity index (χ0v) is 19.5. The molecule has 1 saturated heterocycles. The number of alkyl carbamates (subject to hydrolysis) is 1. The maximum Gasteiger partial charge on any atom is 0.407 e. The Kier molecular flexibility index (Phi) is 6.47. The van der Waals surface area contributed by atoms with Crippen LogP contribution in [0, 0.1) is 0 Å². The first kappa shape index (κ1) is 23.4. The largest absolute Gasteiger partial charge is 0.480 e. The second-order valence-corrected chi connectivity index (χ2v) is 9.59. The minimum atomic E-state index is -1.27. The summed E-state index contributed by atoms with van der Waals surface area (Å²) < 4.78 is 11.2. The van der Waals surface area contributed by atoms with Gasteiger partial charge in [-0.25, -0.2) is 9.59 Å². The van der Waals surface area contributed by atoms with Gasteiger partial charge in [0.15, 0.2) is 6.10 Å². The van der Waals surface area contributed by atoms with E-state index in [1.54, 1.807) is 0 Å². The molecule has 2 atom stereocenters. The average Bonchev–Trinajstić information content (AvgIpc) is 3.46. The smallest absolute Gasteiger partial charge is 0.407 e. The third-order valence-corrected chi connectivity index (χ3v) is 7.48. The van der Waals surface area contributed by atoms with Crippen molar-refractivity contribution in [2.45, 2.75) is 62.1 Å². The number of carbonyl (C=O) groups is 3. The van der Waals surface area contributed by atoms with Crippen LogP contribution in [0.25, 0.3) is 11.1 Å². The SMILES string of the molecule is O=C(N[C@@H]1CCO[C@@H]1C(=O)NC1(C(=O)O)CCCCC1)OCC1c2ccccc2-c2ccccc21. The number of amides is 2. The molecule has 2 aromatic carbocycles. The van der Waals surface area contributed by atoms with Gasteiger partial charge in [0.25, 0.3) is 5.91 Å². The topological polar surface area (TPSA) is 114 Å². The number of hydrogen-bond acceptors (Lipinski definition) is 5. The number of carboxylic acid groups (broad SMARTS) is 1. The number of benzene rings is 2. The van der Waals surface area contributed by atoms with Crippen LogP contribution in [0.1, 0.15) is 55.6 Å². The van der Waals surface area contributed by atoms with E-state index in [2.05, 4.69) is 34.9 Å². The maximum absolute atomic E-state index is 13.0. The van der Waals surface area contributed by atoms with Crippen molar-refractivity contribution in [3.05, 3.63) is 59.7 Å². The molecule has 1 saturated carbocycles. The Morgan fingerprint density at radius 3 is 2.23 bits per heavy atom. The zero-order valence-electron chi connectivity index (χ0n) is 19.5. The lowest BCUT2D eigenvalue weighted by molar-refractivity contribution is -0.151. The Bertz CT molecular complexity index is 1080. The molecule has 8 heteroatoms. The van der Waals surface area contributed by atoms with Crippen molar-refractivity contribution in [1.82, 2.24) is 10.6 Å². The van der Waals surface area contributed by atoms with Gasteiger partial charge in [-0.1, -0.05) is 67.8 Å². The predicted octanol–water partition coefficient (Wildman–Crippen LogP) is 3.59. The van der Waals surface area contributed by atoms with Crippen molar-refractivity contribution in [1.29, 1.82) is 0 Å². The predicted molar refractivity (Wildman–Crippen MR) is 128 cm³/mol. The van der Waals surface area contributed by atoms with Crippen molar-refractivity contribution < 1.29 is 29.0 Å². The van der Waals surface area contributed by atoms with E-state index in [1.165, 1.54) is 0 Å². The van der Waals surface area contributed by atoms with E-state index in [0.29, 0.717) is 25.9 Å². The van der Waals surface area contributed by atoms with E-state index in [4.69, 9.17) is 9.47 Å². The Labute approximate surface area is 204 Å². The summed E-state index contributed by atoms with van der Waals surface area (Å²) in [5, 5.41) is 15.2. The first-order chi connectivity index (χ1) is 17.0. The van der Waals surface area contributed by atoms with Gasteiger partial charge in [0, 0.05) is 12.5 Å². The van der Waals surface area contributed by atoms with Crippen LogP contribution in [-0.2, 0) is 19.1 Å². The van der Waals surface area contributed by atoms with Crippen molar-refractivity contribution in [3.63, 3.8) is 0 Å². The van der Waals surface area contributed by atoms with E-state index < -0.39 is 35.7 Å². The molecule has 1 aliphatic heterocycles. The highest BCUT2D eigenvalue weighted by molar-refractivity contribution is 5.90. The molecule has 0 radical (unpaired) electrons. The van der Waals surface area contributed by atoms with Crippen molar-refractivity contribution in [2.24, 2.45) is 0 Å². The highest BCUT2D eigenvalue weighted by atomic mass is 16.6. The summed E-state index contributed by atoms with van der Waals surface area (Å²) in [6.07, 6.45) is 2.12. The molecular weight excluding hydrogens is 448 g/mol. The van der Waals surface area contributed by atoms with Gasteiger partial charge in [0.05, 0.1) is 6.04 Å². The number of carboxylic acids is 1. The second-order valence-electron chi connectivity index (χ2n) is 9.59. The van der Waals surface area contributed by atoms with Gasteiger partial charge < -0.3 is 25.2 Å². The molecule has 2 fully saturated rings. The molecule has 0 bridgehead atoms. The molecule has 0 spiro atoms. The van der Waals surface area contributed by atoms with Crippen molar-refractivity contribution in [3.8, 4) is 11.1 Å². The fraction of sp³-hybridized carbons (Fsp3) is 0.444. The third-order valence-electron chi connectivity index (χ3n) is 7.48. The lowest BCUT2D eigenvalue weighted by Gasteiger charge is -2.35. The summed E-state index contributed by atoms with van der Waals surface area (Å²) >= 11 is 0. The van der Waals surface area contributed by atoms with Crippen LogP contribution in [-0.4, -0.2) is 54.0 Å². The number of carbonyl (C=O) groups excluding carboxylic acids is 2. The van der Waals surface area contributed by atoms with Crippen LogP contribution in [0.5, 0.6) is 0 Å². The van der Waals surface area contributed by atoms with E-state index in [-0.39, 0.29) is 12.5 Å². The molecule has 184 valence electrons. The number of aliphatic carboxylic acids is 1. The van der Waals surface area contributed by atoms with Crippen molar-refractivity contribution in [2.75, 3.05) is 13.2 Å². The lowest BCUT2D eigenvalue weighted by Crippen LogP contribution is -2.60.